The third kappa shape index (κ3) is 3.70. The molecular weight excluding hydrogens is 256 g/mol. The molecule has 3 nitrogen and oxygen atoms in total. The highest BCUT2D eigenvalue weighted by Gasteiger charge is 2.14. The highest BCUT2D eigenvalue weighted by Crippen LogP contribution is 2.23. The molecule has 0 spiro atoms. The van der Waals surface area contributed by atoms with Crippen LogP contribution >= 0.6 is 11.8 Å². The lowest BCUT2D eigenvalue weighted by atomic mass is 10.2. The van der Waals surface area contributed by atoms with Crippen LogP contribution in [0, 0.1) is 0 Å². The van der Waals surface area contributed by atoms with Gasteiger partial charge in [-0.15, -0.1) is 0 Å². The first kappa shape index (κ1) is 13.9. The lowest BCUT2D eigenvalue weighted by Gasteiger charge is -2.11. The van der Waals surface area contributed by atoms with Crippen molar-refractivity contribution in [2.24, 2.45) is 0 Å². The number of thioether (sulfide) groups is 1. The Balaban J connectivity index is 2.06. The van der Waals surface area contributed by atoms with E-state index in [1.54, 1.807) is 0 Å². The lowest BCUT2D eigenvalue weighted by molar-refractivity contribution is -0.120. The van der Waals surface area contributed by atoms with Crippen molar-refractivity contribution in [3.8, 4) is 0 Å². The first-order chi connectivity index (χ1) is 9.20. The second kappa shape index (κ2) is 6.57. The van der Waals surface area contributed by atoms with E-state index in [0.717, 1.165) is 28.9 Å². The molecule has 4 heteroatoms. The lowest BCUT2D eigenvalue weighted by Crippen LogP contribution is -2.31. The number of para-hydroxylation sites is 1. The molecule has 0 fully saturated rings. The summed E-state index contributed by atoms with van der Waals surface area (Å²) in [7, 11) is 0. The summed E-state index contributed by atoms with van der Waals surface area (Å²) in [6, 6.07) is 12.0. The average molecular weight is 274 g/mol. The Labute approximate surface area is 117 Å². The van der Waals surface area contributed by atoms with Gasteiger partial charge >= 0.3 is 0 Å². The third-order valence-corrected chi connectivity index (χ3v) is 3.83. The highest BCUT2D eigenvalue weighted by molar-refractivity contribution is 8.00. The van der Waals surface area contributed by atoms with E-state index < -0.39 is 0 Å². The van der Waals surface area contributed by atoms with Crippen LogP contribution < -0.4 is 5.32 Å². The molecule has 1 aromatic heterocycles. The van der Waals surface area contributed by atoms with Crippen LogP contribution in [-0.2, 0) is 4.79 Å². The number of carbonyl (C=O) groups is 1. The Bertz CT molecular complexity index is 571. The normalized spacial score (nSPS) is 12.3. The monoisotopic (exact) mass is 274 g/mol. The number of benzene rings is 1. The average Bonchev–Trinajstić information content (AvgIpc) is 2.44. The van der Waals surface area contributed by atoms with E-state index in [4.69, 9.17) is 0 Å². The second-order valence-corrected chi connectivity index (χ2v) is 5.75. The van der Waals surface area contributed by atoms with Gasteiger partial charge in [0.2, 0.25) is 5.91 Å². The fraction of sp³-hybridized carbons (Fsp3) is 0.333. The summed E-state index contributed by atoms with van der Waals surface area (Å²) >= 11 is 1.49. The molecule has 1 heterocycles. The molecule has 0 bridgehead atoms. The summed E-state index contributed by atoms with van der Waals surface area (Å²) in [6.45, 7) is 4.68. The molecule has 0 aliphatic rings. The van der Waals surface area contributed by atoms with Gasteiger partial charge in [0.15, 0.2) is 0 Å². The number of fused-ring (bicyclic) bond motifs is 1. The maximum atomic E-state index is 11.8. The fourth-order valence-electron chi connectivity index (χ4n) is 1.74. The van der Waals surface area contributed by atoms with Crippen LogP contribution in [0.3, 0.4) is 0 Å². The molecule has 1 N–H and O–H groups in total. The van der Waals surface area contributed by atoms with Gasteiger partial charge in [-0.05, 0) is 25.5 Å². The smallest absolute Gasteiger partial charge is 0.233 e. The first-order valence-electron chi connectivity index (χ1n) is 6.51. The topological polar surface area (TPSA) is 42.0 Å². The molecule has 1 atom stereocenters. The van der Waals surface area contributed by atoms with Gasteiger partial charge in [-0.2, -0.15) is 0 Å². The summed E-state index contributed by atoms with van der Waals surface area (Å²) in [6.07, 6.45) is 0.956. The first-order valence-corrected chi connectivity index (χ1v) is 7.39. The van der Waals surface area contributed by atoms with Crippen LogP contribution in [0.2, 0.25) is 0 Å². The number of nitrogens with zero attached hydrogens (tertiary/aromatic N) is 1. The Morgan fingerprint density at radius 3 is 2.89 bits per heavy atom. The van der Waals surface area contributed by atoms with Gasteiger partial charge < -0.3 is 5.32 Å². The summed E-state index contributed by atoms with van der Waals surface area (Å²) in [4.78, 5) is 16.4. The molecule has 1 aromatic carbocycles. The van der Waals surface area contributed by atoms with Crippen molar-refractivity contribution in [3.05, 3.63) is 36.4 Å². The van der Waals surface area contributed by atoms with Gasteiger partial charge in [0.25, 0.3) is 0 Å². The molecule has 0 aliphatic heterocycles. The van der Waals surface area contributed by atoms with Crippen LogP contribution in [0.1, 0.15) is 20.3 Å². The molecule has 0 aliphatic carbocycles. The maximum Gasteiger partial charge on any atom is 0.233 e. The van der Waals surface area contributed by atoms with Gasteiger partial charge in [0.05, 0.1) is 15.8 Å². The Morgan fingerprint density at radius 2 is 2.11 bits per heavy atom. The number of amides is 1. The summed E-state index contributed by atoms with van der Waals surface area (Å²) in [5, 5.41) is 4.78. The molecule has 1 amide bonds. The van der Waals surface area contributed by atoms with E-state index in [-0.39, 0.29) is 11.2 Å². The Morgan fingerprint density at radius 1 is 1.32 bits per heavy atom. The Kier molecular flexibility index (Phi) is 4.80. The standard InChI is InChI=1S/C15H18N2OS/c1-3-10-16-15(18)11(2)19-14-9-8-12-6-4-5-7-13(12)17-14/h4-9,11H,3,10H2,1-2H3,(H,16,18). The minimum Gasteiger partial charge on any atom is -0.355 e. The van der Waals surface area contributed by atoms with Crippen molar-refractivity contribution in [1.82, 2.24) is 10.3 Å². The van der Waals surface area contributed by atoms with Crippen molar-refractivity contribution in [2.75, 3.05) is 6.54 Å². The molecule has 19 heavy (non-hydrogen) atoms. The van der Waals surface area contributed by atoms with Crippen molar-refractivity contribution < 1.29 is 4.79 Å². The summed E-state index contributed by atoms with van der Waals surface area (Å²) in [5.74, 6) is 0.0711. The van der Waals surface area contributed by atoms with E-state index in [0.29, 0.717) is 0 Å². The van der Waals surface area contributed by atoms with Crippen LogP contribution in [0.5, 0.6) is 0 Å². The zero-order valence-corrected chi connectivity index (χ0v) is 12.0. The van der Waals surface area contributed by atoms with E-state index in [1.165, 1.54) is 11.8 Å². The van der Waals surface area contributed by atoms with Crippen LogP contribution in [0.4, 0.5) is 0 Å². The van der Waals surface area contributed by atoms with Crippen molar-refractivity contribution in [3.63, 3.8) is 0 Å². The molecule has 0 saturated heterocycles. The number of aromatic nitrogens is 1. The molecule has 2 aromatic rings. The minimum atomic E-state index is -0.125. The molecule has 0 radical (unpaired) electrons. The molecular formula is C15H18N2OS. The number of hydrogen-bond donors (Lipinski definition) is 1. The number of pyridine rings is 1. The van der Waals surface area contributed by atoms with Gasteiger partial charge in [-0.3, -0.25) is 4.79 Å². The molecule has 0 saturated carbocycles. The van der Waals surface area contributed by atoms with Crippen LogP contribution in [0.25, 0.3) is 10.9 Å². The zero-order valence-electron chi connectivity index (χ0n) is 11.2. The zero-order chi connectivity index (χ0) is 13.7. The largest absolute Gasteiger partial charge is 0.355 e. The number of hydrogen-bond acceptors (Lipinski definition) is 3. The van der Waals surface area contributed by atoms with Gasteiger partial charge in [0.1, 0.15) is 0 Å². The Hall–Kier alpha value is -1.55. The van der Waals surface area contributed by atoms with E-state index in [9.17, 15) is 4.79 Å². The predicted octanol–water partition coefficient (Wildman–Crippen LogP) is 3.24. The van der Waals surface area contributed by atoms with E-state index in [1.807, 2.05) is 50.2 Å². The number of carbonyl (C=O) groups excluding carboxylic acids is 1. The SMILES string of the molecule is CCCNC(=O)C(C)Sc1ccc2ccccc2n1. The van der Waals surface area contributed by atoms with Crippen molar-refractivity contribution >= 4 is 28.6 Å². The van der Waals surface area contributed by atoms with Gasteiger partial charge in [-0.25, -0.2) is 4.98 Å². The van der Waals surface area contributed by atoms with Gasteiger partial charge in [-0.1, -0.05) is 43.0 Å². The van der Waals surface area contributed by atoms with Gasteiger partial charge in [0, 0.05) is 11.9 Å². The van der Waals surface area contributed by atoms with Crippen molar-refractivity contribution in [1.29, 1.82) is 0 Å². The molecule has 100 valence electrons. The maximum absolute atomic E-state index is 11.8. The predicted molar refractivity (Wildman–Crippen MR) is 80.4 cm³/mol. The van der Waals surface area contributed by atoms with E-state index >= 15 is 0 Å². The molecule has 1 unspecified atom stereocenters. The number of rotatable bonds is 5. The third-order valence-electron chi connectivity index (χ3n) is 2.79. The fourth-order valence-corrected chi connectivity index (χ4v) is 2.59. The van der Waals surface area contributed by atoms with Crippen molar-refractivity contribution in [2.45, 2.75) is 30.5 Å². The van der Waals surface area contributed by atoms with Crippen LogP contribution in [0.15, 0.2) is 41.4 Å². The minimum absolute atomic E-state index is 0.0711. The van der Waals surface area contributed by atoms with Crippen LogP contribution in [-0.4, -0.2) is 22.7 Å². The highest BCUT2D eigenvalue weighted by atomic mass is 32.2. The summed E-state index contributed by atoms with van der Waals surface area (Å²) < 4.78 is 0. The van der Waals surface area contributed by atoms with E-state index in [2.05, 4.69) is 10.3 Å². The quantitative estimate of drug-likeness (QED) is 0.851. The molecule has 2 rings (SSSR count). The number of nitrogens with one attached hydrogen (secondary N) is 1. The summed E-state index contributed by atoms with van der Waals surface area (Å²) in [5.41, 5.74) is 0.966. The second-order valence-electron chi connectivity index (χ2n) is 4.39.